The minimum absolute atomic E-state index is 0.0362. The molecule has 0 aliphatic heterocycles. The van der Waals surface area contributed by atoms with Crippen LogP contribution in [0.3, 0.4) is 0 Å². The standard InChI is InChI=1S/C20H18N4O2S2/c1-11-6-8-12(9-7-11)18-23-24-20(26-18)27-10-15-21-17(25)16-13-4-2-3-5-14(13)28-19(16)22-15/h6-9H,2-5,10H2,1H3,(H,21,22,25). The molecule has 28 heavy (non-hydrogen) atoms. The predicted octanol–water partition coefficient (Wildman–Crippen LogP) is 4.51. The molecule has 0 fully saturated rings. The quantitative estimate of drug-likeness (QED) is 0.498. The number of fused-ring (bicyclic) bond motifs is 3. The van der Waals surface area contributed by atoms with Gasteiger partial charge in [-0.3, -0.25) is 4.79 Å². The highest BCUT2D eigenvalue weighted by Gasteiger charge is 2.20. The van der Waals surface area contributed by atoms with E-state index in [1.165, 1.54) is 34.2 Å². The molecule has 0 radical (unpaired) electrons. The van der Waals surface area contributed by atoms with Gasteiger partial charge in [-0.25, -0.2) is 4.98 Å². The average molecular weight is 411 g/mol. The van der Waals surface area contributed by atoms with Gasteiger partial charge in [0.25, 0.3) is 10.8 Å². The maximum absolute atomic E-state index is 12.6. The van der Waals surface area contributed by atoms with Gasteiger partial charge in [0.2, 0.25) is 5.89 Å². The number of aryl methyl sites for hydroxylation is 3. The van der Waals surface area contributed by atoms with E-state index in [-0.39, 0.29) is 5.56 Å². The van der Waals surface area contributed by atoms with E-state index in [0.717, 1.165) is 35.0 Å². The lowest BCUT2D eigenvalue weighted by atomic mass is 9.97. The highest BCUT2D eigenvalue weighted by atomic mass is 32.2. The number of benzene rings is 1. The first-order chi connectivity index (χ1) is 13.7. The molecule has 0 saturated heterocycles. The lowest BCUT2D eigenvalue weighted by Gasteiger charge is -2.09. The van der Waals surface area contributed by atoms with E-state index in [2.05, 4.69) is 20.2 Å². The fourth-order valence-corrected chi connectivity index (χ4v) is 5.40. The SMILES string of the molecule is Cc1ccc(-c2nnc(SCc3nc4sc5c(c4c(=O)[nH]3)CCCC5)o2)cc1. The smallest absolute Gasteiger partial charge is 0.277 e. The number of hydrogen-bond acceptors (Lipinski definition) is 7. The largest absolute Gasteiger partial charge is 0.411 e. The Balaban J connectivity index is 1.36. The van der Waals surface area contributed by atoms with Gasteiger partial charge in [0.1, 0.15) is 10.7 Å². The van der Waals surface area contributed by atoms with E-state index in [1.54, 1.807) is 11.3 Å². The van der Waals surface area contributed by atoms with Crippen molar-refractivity contribution in [1.29, 1.82) is 0 Å². The topological polar surface area (TPSA) is 84.7 Å². The molecule has 4 aromatic rings. The molecule has 0 spiro atoms. The van der Waals surface area contributed by atoms with Crippen LogP contribution < -0.4 is 5.56 Å². The number of nitrogens with one attached hydrogen (secondary N) is 1. The van der Waals surface area contributed by atoms with Crippen LogP contribution in [0.5, 0.6) is 0 Å². The summed E-state index contributed by atoms with van der Waals surface area (Å²) in [5, 5.41) is 9.46. The first kappa shape index (κ1) is 17.6. The Morgan fingerprint density at radius 2 is 2.00 bits per heavy atom. The van der Waals surface area contributed by atoms with Gasteiger partial charge >= 0.3 is 0 Å². The van der Waals surface area contributed by atoms with Crippen molar-refractivity contribution in [1.82, 2.24) is 20.2 Å². The van der Waals surface area contributed by atoms with E-state index in [9.17, 15) is 4.79 Å². The zero-order valence-electron chi connectivity index (χ0n) is 15.3. The first-order valence-corrected chi connectivity index (χ1v) is 11.0. The molecule has 3 heterocycles. The van der Waals surface area contributed by atoms with Crippen LogP contribution >= 0.6 is 23.1 Å². The van der Waals surface area contributed by atoms with Crippen molar-refractivity contribution < 1.29 is 4.42 Å². The van der Waals surface area contributed by atoms with Crippen LogP contribution in [-0.2, 0) is 18.6 Å². The summed E-state index contributed by atoms with van der Waals surface area (Å²) in [6.07, 6.45) is 4.39. The maximum atomic E-state index is 12.6. The number of H-pyrrole nitrogens is 1. The van der Waals surface area contributed by atoms with Crippen LogP contribution in [0, 0.1) is 6.92 Å². The summed E-state index contributed by atoms with van der Waals surface area (Å²) in [7, 11) is 0. The predicted molar refractivity (Wildman–Crippen MR) is 111 cm³/mol. The van der Waals surface area contributed by atoms with E-state index < -0.39 is 0 Å². The Bertz CT molecular complexity index is 1210. The zero-order valence-corrected chi connectivity index (χ0v) is 17.0. The Labute approximate surface area is 169 Å². The van der Waals surface area contributed by atoms with Crippen LogP contribution in [0.1, 0.15) is 34.7 Å². The third-order valence-corrected chi connectivity index (χ3v) is 6.93. The lowest BCUT2D eigenvalue weighted by molar-refractivity contribution is 0.465. The number of thioether (sulfide) groups is 1. The molecule has 6 nitrogen and oxygen atoms in total. The van der Waals surface area contributed by atoms with Crippen molar-refractivity contribution in [3.8, 4) is 11.5 Å². The monoisotopic (exact) mass is 410 g/mol. The number of aromatic amines is 1. The molecule has 1 aliphatic rings. The number of rotatable bonds is 4. The molecule has 1 N–H and O–H groups in total. The fourth-order valence-electron chi connectivity index (χ4n) is 3.49. The van der Waals surface area contributed by atoms with Gasteiger partial charge in [-0.2, -0.15) is 0 Å². The Morgan fingerprint density at radius 1 is 1.18 bits per heavy atom. The van der Waals surface area contributed by atoms with Gasteiger partial charge in [-0.1, -0.05) is 29.5 Å². The summed E-state index contributed by atoms with van der Waals surface area (Å²) in [4.78, 5) is 22.4. The van der Waals surface area contributed by atoms with Gasteiger partial charge in [0.05, 0.1) is 11.1 Å². The average Bonchev–Trinajstić information content (AvgIpc) is 3.31. The van der Waals surface area contributed by atoms with E-state index in [4.69, 9.17) is 4.42 Å². The van der Waals surface area contributed by atoms with Crippen LogP contribution in [0.4, 0.5) is 0 Å². The molecule has 5 rings (SSSR count). The summed E-state index contributed by atoms with van der Waals surface area (Å²) >= 11 is 3.04. The Hall–Kier alpha value is -2.45. The molecule has 8 heteroatoms. The van der Waals surface area contributed by atoms with Crippen molar-refractivity contribution >= 4 is 33.3 Å². The molecule has 3 aromatic heterocycles. The summed E-state index contributed by atoms with van der Waals surface area (Å²) in [5.74, 6) is 1.60. The van der Waals surface area contributed by atoms with Crippen LogP contribution in [0.25, 0.3) is 21.7 Å². The fraction of sp³-hybridized carbons (Fsp3) is 0.300. The van der Waals surface area contributed by atoms with Crippen LogP contribution in [0.15, 0.2) is 38.7 Å². The van der Waals surface area contributed by atoms with Crippen LogP contribution in [-0.4, -0.2) is 20.2 Å². The van der Waals surface area contributed by atoms with Gasteiger partial charge in [-0.15, -0.1) is 21.5 Å². The molecule has 0 amide bonds. The zero-order chi connectivity index (χ0) is 19.1. The van der Waals surface area contributed by atoms with Gasteiger partial charge in [0, 0.05) is 10.4 Å². The molecule has 1 aliphatic carbocycles. The van der Waals surface area contributed by atoms with Gasteiger partial charge < -0.3 is 9.40 Å². The Kier molecular flexibility index (Phi) is 4.52. The molecule has 1 aromatic carbocycles. The molecule has 142 valence electrons. The minimum Gasteiger partial charge on any atom is -0.411 e. The molecule has 0 unspecified atom stereocenters. The van der Waals surface area contributed by atoms with Crippen molar-refractivity contribution in [2.45, 2.75) is 43.6 Å². The Morgan fingerprint density at radius 3 is 2.86 bits per heavy atom. The summed E-state index contributed by atoms with van der Waals surface area (Å²) in [6, 6.07) is 7.94. The van der Waals surface area contributed by atoms with E-state index in [0.29, 0.717) is 22.7 Å². The van der Waals surface area contributed by atoms with Gasteiger partial charge in [-0.05, 0) is 50.3 Å². The molecular formula is C20H18N4O2S2. The second-order valence-electron chi connectivity index (χ2n) is 6.93. The third-order valence-electron chi connectivity index (χ3n) is 4.91. The summed E-state index contributed by atoms with van der Waals surface area (Å²) in [5.41, 5.74) is 3.24. The third kappa shape index (κ3) is 3.27. The number of aromatic nitrogens is 4. The number of thiophene rings is 1. The summed E-state index contributed by atoms with van der Waals surface area (Å²) < 4.78 is 5.74. The van der Waals surface area contributed by atoms with Crippen molar-refractivity contribution in [3.05, 3.63) is 56.4 Å². The van der Waals surface area contributed by atoms with Crippen molar-refractivity contribution in [3.63, 3.8) is 0 Å². The number of nitrogens with zero attached hydrogens (tertiary/aromatic N) is 3. The van der Waals surface area contributed by atoms with E-state index in [1.807, 2.05) is 31.2 Å². The summed E-state index contributed by atoms with van der Waals surface area (Å²) in [6.45, 7) is 2.04. The first-order valence-electron chi connectivity index (χ1n) is 9.24. The van der Waals surface area contributed by atoms with Gasteiger partial charge in [0.15, 0.2) is 0 Å². The molecule has 0 atom stereocenters. The van der Waals surface area contributed by atoms with E-state index >= 15 is 0 Å². The van der Waals surface area contributed by atoms with Crippen LogP contribution in [0.2, 0.25) is 0 Å². The highest BCUT2D eigenvalue weighted by molar-refractivity contribution is 7.98. The lowest BCUT2D eigenvalue weighted by Crippen LogP contribution is -2.12. The molecule has 0 saturated carbocycles. The maximum Gasteiger partial charge on any atom is 0.277 e. The minimum atomic E-state index is -0.0362. The highest BCUT2D eigenvalue weighted by Crippen LogP contribution is 2.34. The number of hydrogen-bond donors (Lipinski definition) is 1. The molecular weight excluding hydrogens is 392 g/mol. The second-order valence-corrected chi connectivity index (χ2v) is 8.94. The van der Waals surface area contributed by atoms with Crippen molar-refractivity contribution in [2.24, 2.45) is 0 Å². The molecule has 0 bridgehead atoms. The second kappa shape index (κ2) is 7.18. The normalized spacial score (nSPS) is 13.8. The van der Waals surface area contributed by atoms with Crippen molar-refractivity contribution in [2.75, 3.05) is 0 Å².